The van der Waals surface area contributed by atoms with Crippen LogP contribution in [-0.2, 0) is 33.6 Å². The second-order valence-corrected chi connectivity index (χ2v) is 7.97. The Bertz CT molecular complexity index is 818. The van der Waals surface area contributed by atoms with E-state index in [2.05, 4.69) is 16.0 Å². The van der Waals surface area contributed by atoms with Crippen LogP contribution in [0.15, 0.2) is 0 Å². The number of primary amides is 1. The van der Waals surface area contributed by atoms with Crippen molar-refractivity contribution in [1.29, 1.82) is 0 Å². The first-order valence-corrected chi connectivity index (χ1v) is 10.8. The van der Waals surface area contributed by atoms with E-state index in [0.29, 0.717) is 6.42 Å². The summed E-state index contributed by atoms with van der Waals surface area (Å²) < 4.78 is 0. The smallest absolute Gasteiger partial charge is 0.326 e. The average molecular weight is 504 g/mol. The summed E-state index contributed by atoms with van der Waals surface area (Å²) >= 11 is 0. The van der Waals surface area contributed by atoms with E-state index in [4.69, 9.17) is 26.8 Å². The Morgan fingerprint density at radius 2 is 1.34 bits per heavy atom. The monoisotopic (exact) mass is 503 g/mol. The van der Waals surface area contributed by atoms with Gasteiger partial charge in [0.05, 0.1) is 12.5 Å². The lowest BCUT2D eigenvalue weighted by molar-refractivity contribution is -0.147. The van der Waals surface area contributed by atoms with Crippen molar-refractivity contribution in [2.45, 2.75) is 76.5 Å². The maximum absolute atomic E-state index is 12.9. The highest BCUT2D eigenvalue weighted by Gasteiger charge is 2.33. The molecule has 0 aromatic carbocycles. The predicted molar refractivity (Wildman–Crippen MR) is 118 cm³/mol. The number of carboxylic acids is 3. The van der Waals surface area contributed by atoms with Gasteiger partial charge in [-0.1, -0.05) is 20.3 Å². The van der Waals surface area contributed by atoms with Crippen LogP contribution in [0, 0.1) is 5.92 Å². The van der Waals surface area contributed by atoms with Crippen molar-refractivity contribution in [2.75, 3.05) is 0 Å². The van der Waals surface area contributed by atoms with Crippen molar-refractivity contribution in [3.05, 3.63) is 0 Å². The van der Waals surface area contributed by atoms with Crippen LogP contribution in [0.25, 0.3) is 0 Å². The minimum Gasteiger partial charge on any atom is -0.481 e. The predicted octanol–water partition coefficient (Wildman–Crippen LogP) is -2.50. The summed E-state index contributed by atoms with van der Waals surface area (Å²) in [5, 5.41) is 33.7. The Balaban J connectivity index is 5.62. The molecule has 15 heteroatoms. The van der Waals surface area contributed by atoms with E-state index in [1.165, 1.54) is 0 Å². The topological polar surface area (TPSA) is 268 Å². The lowest BCUT2D eigenvalue weighted by Gasteiger charge is -2.27. The standard InChI is InChI=1S/C20H33N5O10/c1-3-9(2)16(19(33)24-12(20(34)35)8-15(29)30)25-18(32)11(5-7-14(27)28)23-17(31)10(21)4-6-13(22)26/h9-12,16H,3-8,21H2,1-2H3,(H2,22,26)(H,23,31)(H,24,33)(H,25,32)(H,27,28)(H,29,30)(H,34,35). The van der Waals surface area contributed by atoms with E-state index in [1.54, 1.807) is 13.8 Å². The summed E-state index contributed by atoms with van der Waals surface area (Å²) in [6.45, 7) is 3.26. The highest BCUT2D eigenvalue weighted by molar-refractivity contribution is 5.95. The zero-order valence-corrected chi connectivity index (χ0v) is 19.5. The van der Waals surface area contributed by atoms with E-state index in [1.807, 2.05) is 0 Å². The second kappa shape index (κ2) is 15.2. The van der Waals surface area contributed by atoms with Crippen LogP contribution in [0.4, 0.5) is 0 Å². The van der Waals surface area contributed by atoms with Crippen LogP contribution >= 0.6 is 0 Å². The number of carbonyl (C=O) groups excluding carboxylic acids is 4. The number of nitrogens with one attached hydrogen (secondary N) is 3. The van der Waals surface area contributed by atoms with E-state index in [-0.39, 0.29) is 19.3 Å². The Labute approximate surface area is 201 Å². The number of nitrogens with two attached hydrogens (primary N) is 2. The van der Waals surface area contributed by atoms with Crippen LogP contribution in [0.1, 0.15) is 52.4 Å². The molecule has 0 heterocycles. The Morgan fingerprint density at radius 1 is 0.771 bits per heavy atom. The van der Waals surface area contributed by atoms with E-state index in [0.717, 1.165) is 0 Å². The van der Waals surface area contributed by atoms with Gasteiger partial charge in [-0.05, 0) is 18.8 Å². The van der Waals surface area contributed by atoms with E-state index in [9.17, 15) is 33.6 Å². The summed E-state index contributed by atoms with van der Waals surface area (Å²) in [6.07, 6.45) is -1.75. The normalized spacial score (nSPS) is 14.9. The molecular formula is C20H33N5O10. The number of aliphatic carboxylic acids is 3. The summed E-state index contributed by atoms with van der Waals surface area (Å²) in [6, 6.07) is -5.72. The maximum Gasteiger partial charge on any atom is 0.326 e. The first-order valence-electron chi connectivity index (χ1n) is 10.8. The molecule has 5 unspecified atom stereocenters. The van der Waals surface area contributed by atoms with Gasteiger partial charge >= 0.3 is 17.9 Å². The first kappa shape index (κ1) is 31.2. The van der Waals surface area contributed by atoms with Gasteiger partial charge in [0.1, 0.15) is 18.1 Å². The summed E-state index contributed by atoms with van der Waals surface area (Å²) in [5.41, 5.74) is 10.7. The molecule has 0 bridgehead atoms. The van der Waals surface area contributed by atoms with Gasteiger partial charge in [0, 0.05) is 12.8 Å². The van der Waals surface area contributed by atoms with Gasteiger partial charge < -0.3 is 42.7 Å². The molecule has 4 amide bonds. The van der Waals surface area contributed by atoms with Gasteiger partial charge in [-0.3, -0.25) is 28.8 Å². The molecule has 0 aliphatic rings. The number of carbonyl (C=O) groups is 7. The SMILES string of the molecule is CCC(C)C(NC(=O)C(CCC(=O)O)NC(=O)C(N)CCC(N)=O)C(=O)NC(CC(=O)O)C(=O)O. The molecule has 0 saturated heterocycles. The largest absolute Gasteiger partial charge is 0.481 e. The molecule has 0 radical (unpaired) electrons. The molecule has 0 rings (SSSR count). The van der Waals surface area contributed by atoms with E-state index < -0.39 is 84.5 Å². The Kier molecular flexibility index (Phi) is 13.6. The van der Waals surface area contributed by atoms with Crippen LogP contribution < -0.4 is 27.4 Å². The molecule has 15 nitrogen and oxygen atoms in total. The molecule has 198 valence electrons. The molecule has 0 aromatic rings. The first-order chi connectivity index (χ1) is 16.2. The fourth-order valence-electron chi connectivity index (χ4n) is 2.84. The van der Waals surface area contributed by atoms with Gasteiger partial charge in [0.25, 0.3) is 0 Å². The summed E-state index contributed by atoms with van der Waals surface area (Å²) in [5.74, 6) is -8.32. The fraction of sp³-hybridized carbons (Fsp3) is 0.650. The molecule has 0 aromatic heterocycles. The zero-order chi connectivity index (χ0) is 27.3. The Morgan fingerprint density at radius 3 is 1.80 bits per heavy atom. The third-order valence-corrected chi connectivity index (χ3v) is 5.10. The molecule has 0 fully saturated rings. The third-order valence-electron chi connectivity index (χ3n) is 5.10. The van der Waals surface area contributed by atoms with Gasteiger partial charge in [-0.2, -0.15) is 0 Å². The van der Waals surface area contributed by atoms with Gasteiger partial charge in [0.2, 0.25) is 23.6 Å². The van der Waals surface area contributed by atoms with Crippen molar-refractivity contribution in [3.8, 4) is 0 Å². The summed E-state index contributed by atoms with van der Waals surface area (Å²) in [4.78, 5) is 82.0. The molecule has 10 N–H and O–H groups in total. The molecule has 5 atom stereocenters. The highest BCUT2D eigenvalue weighted by atomic mass is 16.4. The zero-order valence-electron chi connectivity index (χ0n) is 19.5. The minimum absolute atomic E-state index is 0.119. The van der Waals surface area contributed by atoms with Crippen molar-refractivity contribution < 1.29 is 48.9 Å². The third kappa shape index (κ3) is 12.3. The van der Waals surface area contributed by atoms with E-state index >= 15 is 0 Å². The number of carboxylic acid groups (broad SMARTS) is 3. The molecule has 0 spiro atoms. The maximum atomic E-state index is 12.9. The van der Waals surface area contributed by atoms with Crippen molar-refractivity contribution in [3.63, 3.8) is 0 Å². The van der Waals surface area contributed by atoms with Crippen LogP contribution in [0.5, 0.6) is 0 Å². The quantitative estimate of drug-likeness (QED) is 0.103. The molecule has 0 aliphatic heterocycles. The van der Waals surface area contributed by atoms with Crippen LogP contribution in [0.2, 0.25) is 0 Å². The number of rotatable bonds is 17. The highest BCUT2D eigenvalue weighted by Crippen LogP contribution is 2.11. The lowest BCUT2D eigenvalue weighted by atomic mass is 9.97. The number of hydrogen-bond donors (Lipinski definition) is 8. The molecule has 0 aliphatic carbocycles. The fourth-order valence-corrected chi connectivity index (χ4v) is 2.84. The van der Waals surface area contributed by atoms with Gasteiger partial charge in [-0.15, -0.1) is 0 Å². The van der Waals surface area contributed by atoms with Crippen LogP contribution in [-0.4, -0.2) is 81.0 Å². The summed E-state index contributed by atoms with van der Waals surface area (Å²) in [7, 11) is 0. The average Bonchev–Trinajstić information content (AvgIpc) is 2.76. The molecule has 0 saturated carbocycles. The van der Waals surface area contributed by atoms with Gasteiger partial charge in [0.15, 0.2) is 0 Å². The van der Waals surface area contributed by atoms with Crippen molar-refractivity contribution in [2.24, 2.45) is 17.4 Å². The number of hydrogen-bond acceptors (Lipinski definition) is 8. The Hall–Kier alpha value is -3.75. The second-order valence-electron chi connectivity index (χ2n) is 7.97. The number of amides is 4. The lowest BCUT2D eigenvalue weighted by Crippen LogP contribution is -2.58. The van der Waals surface area contributed by atoms with Crippen molar-refractivity contribution in [1.82, 2.24) is 16.0 Å². The van der Waals surface area contributed by atoms with Crippen LogP contribution in [0.3, 0.4) is 0 Å². The minimum atomic E-state index is -1.76. The molecular weight excluding hydrogens is 470 g/mol. The molecule has 35 heavy (non-hydrogen) atoms. The van der Waals surface area contributed by atoms with Crippen molar-refractivity contribution >= 4 is 41.5 Å². The van der Waals surface area contributed by atoms with Gasteiger partial charge in [-0.25, -0.2) is 4.79 Å².